The molecule has 1 unspecified atom stereocenters. The first-order valence-electron chi connectivity index (χ1n) is 8.97. The lowest BCUT2D eigenvalue weighted by Crippen LogP contribution is -2.44. The number of hydroxylamine groups is 2. The van der Waals surface area contributed by atoms with E-state index in [2.05, 4.69) is 10.6 Å². The molecule has 0 saturated carbocycles. The maximum atomic E-state index is 12.3. The second-order valence-electron chi connectivity index (χ2n) is 6.54. The van der Waals surface area contributed by atoms with Crippen LogP contribution in [0.2, 0.25) is 0 Å². The summed E-state index contributed by atoms with van der Waals surface area (Å²) in [5.41, 5.74) is 0. The maximum Gasteiger partial charge on any atom is 0.334 e. The number of hydrogen-bond acceptors (Lipinski definition) is 7. The third kappa shape index (κ3) is 8.16. The summed E-state index contributed by atoms with van der Waals surface area (Å²) in [6.07, 6.45) is 2.06. The van der Waals surface area contributed by atoms with Crippen LogP contribution in [0.25, 0.3) is 0 Å². The molecule has 10 heteroatoms. The summed E-state index contributed by atoms with van der Waals surface area (Å²) >= 11 is 0. The molecule has 10 nitrogen and oxygen atoms in total. The third-order valence-corrected chi connectivity index (χ3v) is 4.03. The monoisotopic (exact) mass is 388 g/mol. The zero-order chi connectivity index (χ0) is 20.4. The summed E-state index contributed by atoms with van der Waals surface area (Å²) in [5.74, 6) is -2.13. The number of hydrogen-bond donors (Lipinski definition) is 2. The summed E-state index contributed by atoms with van der Waals surface area (Å²) in [6.45, 7) is 2.07. The van der Waals surface area contributed by atoms with E-state index < -0.39 is 17.8 Å². The lowest BCUT2D eigenvalue weighted by Gasteiger charge is -2.23. The number of nitrogens with one attached hydrogen (secondary N) is 2. The van der Waals surface area contributed by atoms with Crippen LogP contribution in [0.15, 0.2) is 0 Å². The fraction of sp³-hybridized carbons (Fsp3) is 0.706. The summed E-state index contributed by atoms with van der Waals surface area (Å²) in [7, 11) is 3.58. The van der Waals surface area contributed by atoms with Gasteiger partial charge in [-0.05, 0) is 33.4 Å². The second kappa shape index (κ2) is 11.3. The van der Waals surface area contributed by atoms with Crippen molar-refractivity contribution < 1.29 is 28.8 Å². The van der Waals surface area contributed by atoms with Crippen molar-refractivity contribution in [3.63, 3.8) is 0 Å². The van der Waals surface area contributed by atoms with E-state index in [0.29, 0.717) is 18.0 Å². The first kappa shape index (κ1) is 22.6. The fourth-order valence-electron chi connectivity index (χ4n) is 2.56. The molecule has 27 heavy (non-hydrogen) atoms. The number of carbonyl (C=O) groups excluding carboxylic acids is 5. The Hall–Kier alpha value is -2.49. The van der Waals surface area contributed by atoms with Gasteiger partial charge in [-0.15, -0.1) is 5.06 Å². The Morgan fingerprint density at radius 2 is 1.70 bits per heavy atom. The number of imide groups is 1. The highest BCUT2D eigenvalue weighted by atomic mass is 16.8. The topological polar surface area (TPSA) is 125 Å². The Morgan fingerprint density at radius 1 is 1.07 bits per heavy atom. The molecule has 0 radical (unpaired) electrons. The van der Waals surface area contributed by atoms with Crippen LogP contribution < -0.4 is 10.6 Å². The second-order valence-corrected chi connectivity index (χ2v) is 6.54. The molecule has 0 aromatic rings. The average molecular weight is 388 g/mol. The van der Waals surface area contributed by atoms with Gasteiger partial charge in [-0.25, -0.2) is 4.79 Å². The molecule has 1 aliphatic heterocycles. The molecule has 0 bridgehead atoms. The first-order chi connectivity index (χ1) is 12.7. The predicted octanol–water partition coefficient (Wildman–Crippen LogP) is -0.663. The maximum absolute atomic E-state index is 12.3. The van der Waals surface area contributed by atoms with Crippen LogP contribution in [0, 0.1) is 0 Å². The van der Waals surface area contributed by atoms with Crippen LogP contribution in [0.4, 0.5) is 0 Å². The van der Waals surface area contributed by atoms with Gasteiger partial charge in [-0.1, -0.05) is 0 Å². The van der Waals surface area contributed by atoms with Crippen LogP contribution in [0.5, 0.6) is 0 Å². The number of amides is 4. The van der Waals surface area contributed by atoms with Gasteiger partial charge in [0.15, 0.2) is 0 Å². The van der Waals surface area contributed by atoms with Gasteiger partial charge < -0.3 is 15.5 Å². The van der Waals surface area contributed by atoms with E-state index >= 15 is 0 Å². The van der Waals surface area contributed by atoms with Crippen molar-refractivity contribution in [1.29, 1.82) is 0 Å². The molecule has 1 saturated heterocycles. The minimum Gasteiger partial charge on any atom is -0.356 e. The molecule has 0 spiro atoms. The third-order valence-electron chi connectivity index (χ3n) is 4.03. The minimum atomic E-state index is -0.754. The van der Waals surface area contributed by atoms with E-state index in [1.165, 1.54) is 6.92 Å². The smallest absolute Gasteiger partial charge is 0.334 e. The van der Waals surface area contributed by atoms with Gasteiger partial charge in [0.1, 0.15) is 0 Å². The van der Waals surface area contributed by atoms with Gasteiger partial charge in [-0.2, -0.15) is 0 Å². The molecule has 2 N–H and O–H groups in total. The van der Waals surface area contributed by atoms with Crippen molar-refractivity contribution in [2.24, 2.45) is 0 Å². The molecule has 1 fully saturated rings. The van der Waals surface area contributed by atoms with Crippen LogP contribution in [-0.2, 0) is 28.8 Å². The van der Waals surface area contributed by atoms with Crippen molar-refractivity contribution in [1.82, 2.24) is 20.6 Å². The average Bonchev–Trinajstić information content (AvgIpc) is 2.89. The van der Waals surface area contributed by atoms with Gasteiger partial charge in [0, 0.05) is 32.9 Å². The number of likely N-dealkylation sites (N-methyl/N-ethyl adjacent to an activating group) is 1. The quantitative estimate of drug-likeness (QED) is 0.208. The highest BCUT2D eigenvalue weighted by Crippen LogP contribution is 2.12. The van der Waals surface area contributed by atoms with Crippen molar-refractivity contribution >= 4 is 29.6 Å². The van der Waals surface area contributed by atoms with Crippen LogP contribution in [0.3, 0.4) is 0 Å². The van der Waals surface area contributed by atoms with Gasteiger partial charge in [0.05, 0.1) is 12.5 Å². The molecule has 1 atom stereocenters. The van der Waals surface area contributed by atoms with Gasteiger partial charge in [0.25, 0.3) is 11.8 Å². The molecule has 152 valence electrons. The largest absolute Gasteiger partial charge is 0.356 e. The Bertz CT molecular complexity index is 562. The van der Waals surface area contributed by atoms with Crippen molar-refractivity contribution in [3.05, 3.63) is 0 Å². The molecule has 1 heterocycles. The van der Waals surface area contributed by atoms with E-state index in [0.717, 1.165) is 12.8 Å². The predicted molar refractivity (Wildman–Crippen MR) is 94.8 cm³/mol. The molecule has 0 aromatic carbocycles. The molecular formula is C17H28N4O6. The standard InChI is InChI=1S/C17H28N4O6/c1-12(22)18-10-5-4-6-13(20(2)3)17(26)19-11-9-16(25)27-21-14(23)7-8-15(21)24/h13H,4-11H2,1-3H3,(H,18,22)(H,19,26)/i9+1,11+1,16+1,20+1. The summed E-state index contributed by atoms with van der Waals surface area (Å²) in [4.78, 5) is 64.1. The van der Waals surface area contributed by atoms with Crippen molar-refractivity contribution in [2.45, 2.75) is 51.5 Å². The van der Waals surface area contributed by atoms with Crippen molar-refractivity contribution in [3.8, 4) is 0 Å². The number of unbranched alkanes of at least 4 members (excludes halogenated alkanes) is 1. The molecule has 1 aliphatic rings. The van der Waals surface area contributed by atoms with Gasteiger partial charge in [0.2, 0.25) is 11.8 Å². The van der Waals surface area contributed by atoms with E-state index in [1.54, 1.807) is 19.0 Å². The van der Waals surface area contributed by atoms with Gasteiger partial charge in [-0.3, -0.25) is 24.1 Å². The van der Waals surface area contributed by atoms with Crippen molar-refractivity contribution in [2.75, 3.05) is 27.2 Å². The fourth-order valence-corrected chi connectivity index (χ4v) is 2.56. The van der Waals surface area contributed by atoms with E-state index in [4.69, 9.17) is 4.84 Å². The zero-order valence-corrected chi connectivity index (χ0v) is 16.1. The molecule has 4 amide bonds. The Labute approximate surface area is 158 Å². The summed E-state index contributed by atoms with van der Waals surface area (Å²) < 4.78 is 0. The SMILES string of the molecule is CC(=O)NCCCCC(C(=O)N[13CH2][13CH2][13C](=O)ON1C(=O)CCC1=O)[15N](C)C. The first-order valence-corrected chi connectivity index (χ1v) is 8.97. The van der Waals surface area contributed by atoms with E-state index in [1.807, 2.05) is 0 Å². The normalized spacial score (nSPS) is 15.0. The lowest BCUT2D eigenvalue weighted by molar-refractivity contribution is -0.197. The van der Waals surface area contributed by atoms with Gasteiger partial charge >= 0.3 is 5.97 Å². The molecule has 1 rings (SSSR count). The summed E-state index contributed by atoms with van der Waals surface area (Å²) in [6, 6.07) is -0.361. The highest BCUT2D eigenvalue weighted by molar-refractivity contribution is 6.01. The van der Waals surface area contributed by atoms with Crippen LogP contribution in [0.1, 0.15) is 45.4 Å². The summed E-state index contributed by atoms with van der Waals surface area (Å²) in [5, 5.41) is 5.85. The Kier molecular flexibility index (Phi) is 9.41. The number of nitrogens with zero attached hydrogens (tertiary/aromatic N) is 2. The number of carbonyl (C=O) groups is 5. The van der Waals surface area contributed by atoms with Crippen LogP contribution >= 0.6 is 0 Å². The van der Waals surface area contributed by atoms with Crippen LogP contribution in [-0.4, -0.2) is 72.8 Å². The Morgan fingerprint density at radius 3 is 2.26 bits per heavy atom. The number of rotatable bonds is 11. The molecule has 0 aliphatic carbocycles. The molecular weight excluding hydrogens is 360 g/mol. The zero-order valence-electron chi connectivity index (χ0n) is 16.1. The van der Waals surface area contributed by atoms with E-state index in [-0.39, 0.29) is 43.7 Å². The Balaban J connectivity index is 2.30. The lowest BCUT2D eigenvalue weighted by atomic mass is 10.1. The highest BCUT2D eigenvalue weighted by Gasteiger charge is 2.32. The molecule has 0 aromatic heterocycles. The minimum absolute atomic E-state index is 0.0370. The van der Waals surface area contributed by atoms with E-state index in [9.17, 15) is 24.0 Å².